The van der Waals surface area contributed by atoms with Crippen LogP contribution in [-0.2, 0) is 4.79 Å². The van der Waals surface area contributed by atoms with Crippen molar-refractivity contribution in [2.45, 2.75) is 32.1 Å². The number of hydrogen-bond acceptors (Lipinski definition) is 4. The molecule has 1 aliphatic heterocycles. The Bertz CT molecular complexity index is 997. The van der Waals surface area contributed by atoms with Crippen molar-refractivity contribution in [3.8, 4) is 11.3 Å². The molecule has 1 saturated heterocycles. The number of fused-ring (bicyclic) bond motifs is 1. The first-order valence-electron chi connectivity index (χ1n) is 10.2. The van der Waals surface area contributed by atoms with E-state index >= 15 is 0 Å². The fourth-order valence-electron chi connectivity index (χ4n) is 3.73. The van der Waals surface area contributed by atoms with Gasteiger partial charge < -0.3 is 14.7 Å². The Hall–Kier alpha value is -3.15. The van der Waals surface area contributed by atoms with Crippen LogP contribution in [0.1, 0.15) is 42.5 Å². The Morgan fingerprint density at radius 1 is 1.10 bits per heavy atom. The average molecular weight is 391 g/mol. The average Bonchev–Trinajstić information content (AvgIpc) is 3.07. The number of aromatic nitrogens is 1. The van der Waals surface area contributed by atoms with E-state index in [0.29, 0.717) is 30.8 Å². The number of nitrogens with zero attached hydrogens (tertiary/aromatic N) is 2. The van der Waals surface area contributed by atoms with E-state index < -0.39 is 0 Å². The molecule has 4 rings (SSSR count). The largest absolute Gasteiger partial charge is 0.355 e. The highest BCUT2D eigenvalue weighted by Crippen LogP contribution is 2.29. The van der Waals surface area contributed by atoms with Crippen LogP contribution in [-0.4, -0.2) is 41.5 Å². The van der Waals surface area contributed by atoms with Crippen molar-refractivity contribution in [1.29, 1.82) is 0 Å². The van der Waals surface area contributed by atoms with Crippen molar-refractivity contribution in [2.24, 2.45) is 0 Å². The third kappa shape index (κ3) is 4.47. The molecule has 2 aromatic carbocycles. The monoisotopic (exact) mass is 391 g/mol. The number of nitrogens with one attached hydrogen (secondary N) is 1. The molecule has 3 aromatic rings. The van der Waals surface area contributed by atoms with Gasteiger partial charge in [0.2, 0.25) is 5.91 Å². The SMILES string of the molecule is O=C(NCCCN1CCCCCC1=O)c1ccc2noc(-c3ccccc3)c2c1. The standard InChI is InChI=1S/C23H25N3O3/c27-21-10-5-2-6-14-26(21)15-7-13-24-23(28)18-11-12-20-19(16-18)22(29-25-20)17-8-3-1-4-9-17/h1,3-4,8-9,11-12,16H,2,5-7,10,13-15H2,(H,24,28). The van der Waals surface area contributed by atoms with E-state index in [1.807, 2.05) is 41.3 Å². The van der Waals surface area contributed by atoms with Gasteiger partial charge in [0.05, 0.1) is 5.39 Å². The van der Waals surface area contributed by atoms with Crippen LogP contribution in [0.3, 0.4) is 0 Å². The summed E-state index contributed by atoms with van der Waals surface area (Å²) in [6.07, 6.45) is 4.58. The first kappa shape index (κ1) is 19.2. The number of likely N-dealkylation sites (tertiary alicyclic amines) is 1. The summed E-state index contributed by atoms with van der Waals surface area (Å²) >= 11 is 0. The van der Waals surface area contributed by atoms with E-state index in [1.165, 1.54) is 0 Å². The van der Waals surface area contributed by atoms with Gasteiger partial charge in [-0.2, -0.15) is 0 Å². The Balaban J connectivity index is 1.38. The Morgan fingerprint density at radius 3 is 2.83 bits per heavy atom. The highest BCUT2D eigenvalue weighted by molar-refractivity contribution is 6.00. The number of hydrogen-bond donors (Lipinski definition) is 1. The second-order valence-electron chi connectivity index (χ2n) is 7.41. The van der Waals surface area contributed by atoms with Gasteiger partial charge in [-0.15, -0.1) is 0 Å². The Morgan fingerprint density at radius 2 is 1.97 bits per heavy atom. The molecule has 1 fully saturated rings. The lowest BCUT2D eigenvalue weighted by Crippen LogP contribution is -2.34. The van der Waals surface area contributed by atoms with Crippen LogP contribution in [0.25, 0.3) is 22.2 Å². The minimum absolute atomic E-state index is 0.130. The summed E-state index contributed by atoms with van der Waals surface area (Å²) in [5.41, 5.74) is 2.22. The topological polar surface area (TPSA) is 75.4 Å². The Kier molecular flexibility index (Phi) is 5.89. The van der Waals surface area contributed by atoms with Crippen molar-refractivity contribution in [2.75, 3.05) is 19.6 Å². The smallest absolute Gasteiger partial charge is 0.251 e. The van der Waals surface area contributed by atoms with Crippen LogP contribution in [0.2, 0.25) is 0 Å². The van der Waals surface area contributed by atoms with E-state index in [2.05, 4.69) is 10.5 Å². The molecule has 1 N–H and O–H groups in total. The molecule has 0 unspecified atom stereocenters. The van der Waals surface area contributed by atoms with Gasteiger partial charge in [-0.3, -0.25) is 9.59 Å². The van der Waals surface area contributed by atoms with Crippen LogP contribution < -0.4 is 5.32 Å². The molecule has 1 aliphatic rings. The zero-order valence-corrected chi connectivity index (χ0v) is 16.4. The molecule has 150 valence electrons. The molecule has 1 aromatic heterocycles. The van der Waals surface area contributed by atoms with Crippen molar-refractivity contribution in [1.82, 2.24) is 15.4 Å². The van der Waals surface area contributed by atoms with Crippen LogP contribution in [0.5, 0.6) is 0 Å². The predicted octanol–water partition coefficient (Wildman–Crippen LogP) is 4.02. The molecular formula is C23H25N3O3. The number of amides is 2. The lowest BCUT2D eigenvalue weighted by atomic mass is 10.1. The van der Waals surface area contributed by atoms with E-state index in [0.717, 1.165) is 48.7 Å². The summed E-state index contributed by atoms with van der Waals surface area (Å²) in [4.78, 5) is 26.5. The van der Waals surface area contributed by atoms with Gasteiger partial charge in [0.15, 0.2) is 5.76 Å². The third-order valence-corrected chi connectivity index (χ3v) is 5.34. The van der Waals surface area contributed by atoms with Crippen molar-refractivity contribution in [3.05, 3.63) is 54.1 Å². The molecule has 0 spiro atoms. The van der Waals surface area contributed by atoms with Gasteiger partial charge in [0.1, 0.15) is 5.52 Å². The summed E-state index contributed by atoms with van der Waals surface area (Å²) in [6.45, 7) is 2.07. The molecule has 0 atom stereocenters. The number of carbonyl (C=O) groups is 2. The molecule has 6 heteroatoms. The van der Waals surface area contributed by atoms with Gasteiger partial charge in [0.25, 0.3) is 5.91 Å². The first-order valence-corrected chi connectivity index (χ1v) is 10.2. The molecule has 2 amide bonds. The zero-order valence-electron chi connectivity index (χ0n) is 16.4. The predicted molar refractivity (Wildman–Crippen MR) is 111 cm³/mol. The minimum atomic E-state index is -0.130. The van der Waals surface area contributed by atoms with Gasteiger partial charge in [-0.05, 0) is 37.5 Å². The maximum absolute atomic E-state index is 12.6. The third-order valence-electron chi connectivity index (χ3n) is 5.34. The molecule has 2 heterocycles. The Labute approximate surface area is 169 Å². The molecule has 29 heavy (non-hydrogen) atoms. The van der Waals surface area contributed by atoms with Gasteiger partial charge in [-0.1, -0.05) is 41.9 Å². The quantitative estimate of drug-likeness (QED) is 0.644. The van der Waals surface area contributed by atoms with Crippen molar-refractivity contribution in [3.63, 3.8) is 0 Å². The highest BCUT2D eigenvalue weighted by Gasteiger charge is 2.16. The van der Waals surface area contributed by atoms with Crippen molar-refractivity contribution < 1.29 is 14.1 Å². The molecular weight excluding hydrogens is 366 g/mol. The van der Waals surface area contributed by atoms with Crippen molar-refractivity contribution >= 4 is 22.7 Å². The lowest BCUT2D eigenvalue weighted by Gasteiger charge is -2.20. The van der Waals surface area contributed by atoms with E-state index in [9.17, 15) is 9.59 Å². The number of rotatable bonds is 6. The summed E-state index contributed by atoms with van der Waals surface area (Å²) in [6, 6.07) is 15.1. The van der Waals surface area contributed by atoms with Gasteiger partial charge in [-0.25, -0.2) is 0 Å². The lowest BCUT2D eigenvalue weighted by molar-refractivity contribution is -0.130. The van der Waals surface area contributed by atoms with Crippen LogP contribution in [0.15, 0.2) is 53.1 Å². The molecule has 0 saturated carbocycles. The second kappa shape index (κ2) is 8.90. The van der Waals surface area contributed by atoms with E-state index in [1.54, 1.807) is 12.1 Å². The van der Waals surface area contributed by atoms with Crippen LogP contribution in [0, 0.1) is 0 Å². The van der Waals surface area contributed by atoms with E-state index in [4.69, 9.17) is 4.52 Å². The first-order chi connectivity index (χ1) is 14.2. The fraction of sp³-hybridized carbons (Fsp3) is 0.348. The fourth-order valence-corrected chi connectivity index (χ4v) is 3.73. The van der Waals surface area contributed by atoms with Crippen LogP contribution >= 0.6 is 0 Å². The second-order valence-corrected chi connectivity index (χ2v) is 7.41. The maximum Gasteiger partial charge on any atom is 0.251 e. The summed E-state index contributed by atoms with van der Waals surface area (Å²) in [5.74, 6) is 0.768. The summed E-state index contributed by atoms with van der Waals surface area (Å²) in [5, 5.41) is 7.87. The van der Waals surface area contributed by atoms with Crippen LogP contribution in [0.4, 0.5) is 0 Å². The normalized spacial score (nSPS) is 14.8. The minimum Gasteiger partial charge on any atom is -0.355 e. The summed E-state index contributed by atoms with van der Waals surface area (Å²) < 4.78 is 5.50. The highest BCUT2D eigenvalue weighted by atomic mass is 16.5. The molecule has 0 aliphatic carbocycles. The maximum atomic E-state index is 12.6. The zero-order chi connectivity index (χ0) is 20.1. The summed E-state index contributed by atoms with van der Waals surface area (Å²) in [7, 11) is 0. The molecule has 0 bridgehead atoms. The van der Waals surface area contributed by atoms with E-state index in [-0.39, 0.29) is 11.8 Å². The number of benzene rings is 2. The molecule has 0 radical (unpaired) electrons. The van der Waals surface area contributed by atoms with Gasteiger partial charge in [0, 0.05) is 37.2 Å². The van der Waals surface area contributed by atoms with Gasteiger partial charge >= 0.3 is 0 Å². The molecule has 6 nitrogen and oxygen atoms in total. The number of carbonyl (C=O) groups excluding carboxylic acids is 2.